The lowest BCUT2D eigenvalue weighted by molar-refractivity contribution is 0.0580. The van der Waals surface area contributed by atoms with E-state index in [4.69, 9.17) is 16.0 Å². The SMILES string of the molecule is FC(F)n1nccc1-c1nnc(Cc2ccc(Cl)cc2)o1. The summed E-state index contributed by atoms with van der Waals surface area (Å²) in [5, 5.41) is 11.8. The van der Waals surface area contributed by atoms with Crippen molar-refractivity contribution in [1.82, 2.24) is 20.0 Å². The molecule has 0 aliphatic rings. The van der Waals surface area contributed by atoms with Gasteiger partial charge in [-0.3, -0.25) is 0 Å². The van der Waals surface area contributed by atoms with Gasteiger partial charge in [0.25, 0.3) is 5.89 Å². The summed E-state index contributed by atoms with van der Waals surface area (Å²) in [6.07, 6.45) is 1.65. The Hall–Kier alpha value is -2.28. The van der Waals surface area contributed by atoms with Gasteiger partial charge in [0.1, 0.15) is 5.69 Å². The smallest absolute Gasteiger partial charge is 0.333 e. The number of alkyl halides is 2. The highest BCUT2D eigenvalue weighted by Gasteiger charge is 2.18. The first kappa shape index (κ1) is 13.7. The van der Waals surface area contributed by atoms with E-state index < -0.39 is 6.55 Å². The molecule has 0 N–H and O–H groups in total. The zero-order valence-corrected chi connectivity index (χ0v) is 11.3. The van der Waals surface area contributed by atoms with E-state index >= 15 is 0 Å². The van der Waals surface area contributed by atoms with Gasteiger partial charge in [-0.2, -0.15) is 18.6 Å². The Morgan fingerprint density at radius 2 is 1.90 bits per heavy atom. The first-order valence-electron chi connectivity index (χ1n) is 6.02. The van der Waals surface area contributed by atoms with Crippen LogP contribution in [0.5, 0.6) is 0 Å². The molecule has 8 heteroatoms. The van der Waals surface area contributed by atoms with E-state index in [2.05, 4.69) is 15.3 Å². The minimum Gasteiger partial charge on any atom is -0.419 e. The number of benzene rings is 1. The highest BCUT2D eigenvalue weighted by molar-refractivity contribution is 6.30. The maximum Gasteiger partial charge on any atom is 0.333 e. The van der Waals surface area contributed by atoms with E-state index in [-0.39, 0.29) is 11.6 Å². The van der Waals surface area contributed by atoms with Crippen LogP contribution in [0.1, 0.15) is 18.0 Å². The summed E-state index contributed by atoms with van der Waals surface area (Å²) in [7, 11) is 0. The summed E-state index contributed by atoms with van der Waals surface area (Å²) < 4.78 is 31.4. The molecule has 1 aromatic carbocycles. The van der Waals surface area contributed by atoms with E-state index in [0.717, 1.165) is 5.56 Å². The Morgan fingerprint density at radius 1 is 1.14 bits per heavy atom. The van der Waals surface area contributed by atoms with Crippen LogP contribution in [0.25, 0.3) is 11.6 Å². The lowest BCUT2D eigenvalue weighted by Gasteiger charge is -2.01. The molecular weight excluding hydrogens is 302 g/mol. The average molecular weight is 311 g/mol. The molecule has 0 saturated carbocycles. The molecule has 3 rings (SSSR count). The Kier molecular flexibility index (Phi) is 3.66. The Morgan fingerprint density at radius 3 is 2.62 bits per heavy atom. The van der Waals surface area contributed by atoms with Gasteiger partial charge in [0.15, 0.2) is 0 Å². The molecule has 0 unspecified atom stereocenters. The number of aromatic nitrogens is 4. The number of hydrogen-bond donors (Lipinski definition) is 0. The van der Waals surface area contributed by atoms with E-state index in [1.165, 1.54) is 12.3 Å². The van der Waals surface area contributed by atoms with Gasteiger partial charge in [-0.1, -0.05) is 23.7 Å². The number of halogens is 3. The molecule has 0 amide bonds. The van der Waals surface area contributed by atoms with Gasteiger partial charge in [0, 0.05) is 11.2 Å². The van der Waals surface area contributed by atoms with E-state index in [1.807, 2.05) is 12.1 Å². The lowest BCUT2D eigenvalue weighted by atomic mass is 10.1. The fraction of sp³-hybridized carbons (Fsp3) is 0.154. The van der Waals surface area contributed by atoms with E-state index in [1.54, 1.807) is 12.1 Å². The van der Waals surface area contributed by atoms with E-state index in [9.17, 15) is 8.78 Å². The van der Waals surface area contributed by atoms with Crippen LogP contribution >= 0.6 is 11.6 Å². The van der Waals surface area contributed by atoms with Crippen LogP contribution in [-0.2, 0) is 6.42 Å². The van der Waals surface area contributed by atoms with Crippen LogP contribution in [0.2, 0.25) is 5.02 Å². The summed E-state index contributed by atoms with van der Waals surface area (Å²) in [5.41, 5.74) is 1.01. The minimum atomic E-state index is -2.76. The molecule has 0 spiro atoms. The largest absolute Gasteiger partial charge is 0.419 e. The number of hydrogen-bond acceptors (Lipinski definition) is 4. The highest BCUT2D eigenvalue weighted by Crippen LogP contribution is 2.23. The fourth-order valence-corrected chi connectivity index (χ4v) is 1.97. The number of rotatable bonds is 4. The van der Waals surface area contributed by atoms with Crippen LogP contribution < -0.4 is 0 Å². The standard InChI is InChI=1S/C13H9ClF2N4O/c14-9-3-1-8(2-4-9)7-11-18-19-12(21-11)10-5-6-17-20(10)13(15)16/h1-6,13H,7H2. The summed E-state index contributed by atoms with van der Waals surface area (Å²) >= 11 is 5.80. The number of nitrogens with zero attached hydrogens (tertiary/aromatic N) is 4. The van der Waals surface area contributed by atoms with Crippen molar-refractivity contribution in [3.05, 3.63) is 53.0 Å². The maximum absolute atomic E-state index is 12.7. The normalized spacial score (nSPS) is 11.2. The third-order valence-corrected chi connectivity index (χ3v) is 3.06. The van der Waals surface area contributed by atoms with Crippen molar-refractivity contribution in [2.45, 2.75) is 13.0 Å². The van der Waals surface area contributed by atoms with Gasteiger partial charge in [-0.05, 0) is 23.8 Å². The van der Waals surface area contributed by atoms with Crippen LogP contribution in [-0.4, -0.2) is 20.0 Å². The molecule has 21 heavy (non-hydrogen) atoms. The Balaban J connectivity index is 1.83. The summed E-state index contributed by atoms with van der Waals surface area (Å²) in [6.45, 7) is -2.76. The molecule has 0 saturated heterocycles. The quantitative estimate of drug-likeness (QED) is 0.739. The lowest BCUT2D eigenvalue weighted by Crippen LogP contribution is -2.02. The fourth-order valence-electron chi connectivity index (χ4n) is 1.84. The van der Waals surface area contributed by atoms with Gasteiger partial charge in [-0.15, -0.1) is 10.2 Å². The Labute approximate surface area is 123 Å². The average Bonchev–Trinajstić information content (AvgIpc) is 3.09. The molecule has 0 aliphatic heterocycles. The first-order chi connectivity index (χ1) is 10.1. The molecule has 0 fully saturated rings. The summed E-state index contributed by atoms with van der Waals surface area (Å²) in [6, 6.07) is 8.55. The van der Waals surface area contributed by atoms with Crippen LogP contribution in [0.3, 0.4) is 0 Å². The predicted octanol–water partition coefficient (Wildman–Crippen LogP) is 3.57. The van der Waals surface area contributed by atoms with Crippen molar-refractivity contribution < 1.29 is 13.2 Å². The van der Waals surface area contributed by atoms with Crippen molar-refractivity contribution in [3.8, 4) is 11.6 Å². The Bertz CT molecular complexity index is 739. The second kappa shape index (κ2) is 5.61. The zero-order valence-electron chi connectivity index (χ0n) is 10.6. The molecule has 108 valence electrons. The molecule has 0 radical (unpaired) electrons. The van der Waals surface area contributed by atoms with Crippen LogP contribution in [0, 0.1) is 0 Å². The van der Waals surface area contributed by atoms with Crippen molar-refractivity contribution in [2.75, 3.05) is 0 Å². The van der Waals surface area contributed by atoms with Gasteiger partial charge in [-0.25, -0.2) is 0 Å². The summed E-state index contributed by atoms with van der Waals surface area (Å²) in [5.74, 6) is 0.339. The predicted molar refractivity (Wildman–Crippen MR) is 71.0 cm³/mol. The zero-order chi connectivity index (χ0) is 14.8. The molecule has 0 aliphatic carbocycles. The van der Waals surface area contributed by atoms with Crippen LogP contribution in [0.4, 0.5) is 8.78 Å². The van der Waals surface area contributed by atoms with Gasteiger partial charge in [0.05, 0.1) is 6.42 Å². The van der Waals surface area contributed by atoms with Gasteiger partial charge in [0.2, 0.25) is 5.89 Å². The van der Waals surface area contributed by atoms with E-state index in [0.29, 0.717) is 22.0 Å². The third kappa shape index (κ3) is 2.92. The molecule has 3 aromatic rings. The highest BCUT2D eigenvalue weighted by atomic mass is 35.5. The molecule has 0 bridgehead atoms. The van der Waals surface area contributed by atoms with Crippen LogP contribution in [0.15, 0.2) is 40.9 Å². The van der Waals surface area contributed by atoms with Crippen molar-refractivity contribution in [3.63, 3.8) is 0 Å². The van der Waals surface area contributed by atoms with Crippen molar-refractivity contribution in [1.29, 1.82) is 0 Å². The van der Waals surface area contributed by atoms with Gasteiger partial charge < -0.3 is 4.42 Å². The molecular formula is C13H9ClF2N4O. The van der Waals surface area contributed by atoms with Crippen molar-refractivity contribution in [2.24, 2.45) is 0 Å². The topological polar surface area (TPSA) is 56.7 Å². The van der Waals surface area contributed by atoms with Gasteiger partial charge >= 0.3 is 6.55 Å². The molecule has 5 nitrogen and oxygen atoms in total. The first-order valence-corrected chi connectivity index (χ1v) is 6.40. The summed E-state index contributed by atoms with van der Waals surface area (Å²) in [4.78, 5) is 0. The second-order valence-corrected chi connectivity index (χ2v) is 4.68. The monoisotopic (exact) mass is 310 g/mol. The molecule has 2 heterocycles. The minimum absolute atomic E-state index is 0.0109. The maximum atomic E-state index is 12.7. The van der Waals surface area contributed by atoms with Crippen molar-refractivity contribution >= 4 is 11.6 Å². The molecule has 2 aromatic heterocycles. The second-order valence-electron chi connectivity index (χ2n) is 4.24. The molecule has 0 atom stereocenters. The third-order valence-electron chi connectivity index (χ3n) is 2.81.